The number of phenolic OH excluding ortho intramolecular Hbond substituents is 1. The average molecular weight is 206 g/mol. The number of halogens is 2. The number of benzene rings is 1. The van der Waals surface area contributed by atoms with Crippen LogP contribution >= 0.6 is 11.6 Å². The minimum atomic E-state index is -0.752. The van der Waals surface area contributed by atoms with Crippen LogP contribution in [0.2, 0.25) is 5.02 Å². The zero-order valence-electron chi connectivity index (χ0n) is 6.67. The van der Waals surface area contributed by atoms with Crippen molar-refractivity contribution in [3.63, 3.8) is 0 Å². The van der Waals surface area contributed by atoms with E-state index < -0.39 is 11.9 Å². The molecule has 0 bridgehead atoms. The number of aromatic hydroxyl groups is 1. The standard InChI is InChI=1S/C8H9ClFNO2/c9-5-1-4(7(11)3-12)8(13)2-6(5)10/h1-2,7,12-13H,3,11H2. The highest BCUT2D eigenvalue weighted by Crippen LogP contribution is 2.28. The van der Waals surface area contributed by atoms with Crippen molar-refractivity contribution in [3.8, 4) is 5.75 Å². The third-order valence-electron chi connectivity index (χ3n) is 1.67. The number of aliphatic hydroxyl groups is 1. The van der Waals surface area contributed by atoms with E-state index >= 15 is 0 Å². The third kappa shape index (κ3) is 2.09. The van der Waals surface area contributed by atoms with Gasteiger partial charge in [0, 0.05) is 11.6 Å². The highest BCUT2D eigenvalue weighted by Gasteiger charge is 2.13. The van der Waals surface area contributed by atoms with Gasteiger partial charge in [-0.05, 0) is 6.07 Å². The van der Waals surface area contributed by atoms with Gasteiger partial charge < -0.3 is 15.9 Å². The van der Waals surface area contributed by atoms with Crippen LogP contribution in [0.1, 0.15) is 11.6 Å². The molecule has 5 heteroatoms. The molecule has 0 radical (unpaired) electrons. The van der Waals surface area contributed by atoms with Gasteiger partial charge in [0.05, 0.1) is 17.7 Å². The lowest BCUT2D eigenvalue weighted by atomic mass is 10.1. The lowest BCUT2D eigenvalue weighted by molar-refractivity contribution is 0.265. The fraction of sp³-hybridized carbons (Fsp3) is 0.250. The van der Waals surface area contributed by atoms with Crippen molar-refractivity contribution in [3.05, 3.63) is 28.5 Å². The summed E-state index contributed by atoms with van der Waals surface area (Å²) < 4.78 is 12.7. The molecule has 1 unspecified atom stereocenters. The second-order valence-corrected chi connectivity index (χ2v) is 3.02. The van der Waals surface area contributed by atoms with E-state index in [0.29, 0.717) is 0 Å². The maximum absolute atomic E-state index is 12.7. The van der Waals surface area contributed by atoms with Crippen molar-refractivity contribution in [2.75, 3.05) is 6.61 Å². The van der Waals surface area contributed by atoms with Gasteiger partial charge in [-0.15, -0.1) is 0 Å². The average Bonchev–Trinajstić information content (AvgIpc) is 2.10. The quantitative estimate of drug-likeness (QED) is 0.679. The summed E-state index contributed by atoms with van der Waals surface area (Å²) in [6.07, 6.45) is 0. The van der Waals surface area contributed by atoms with E-state index in [1.54, 1.807) is 0 Å². The first kappa shape index (κ1) is 10.2. The first-order valence-corrected chi connectivity index (χ1v) is 3.98. The van der Waals surface area contributed by atoms with Crippen LogP contribution in [0.3, 0.4) is 0 Å². The summed E-state index contributed by atoms with van der Waals surface area (Å²) in [4.78, 5) is 0. The summed E-state index contributed by atoms with van der Waals surface area (Å²) in [5, 5.41) is 17.8. The molecule has 72 valence electrons. The first-order chi connectivity index (χ1) is 6.06. The van der Waals surface area contributed by atoms with Crippen molar-refractivity contribution >= 4 is 11.6 Å². The van der Waals surface area contributed by atoms with Crippen molar-refractivity contribution in [2.45, 2.75) is 6.04 Å². The number of phenols is 1. The van der Waals surface area contributed by atoms with E-state index in [1.165, 1.54) is 6.07 Å². The Morgan fingerprint density at radius 2 is 2.15 bits per heavy atom. The molecule has 1 atom stereocenters. The van der Waals surface area contributed by atoms with Gasteiger partial charge in [0.25, 0.3) is 0 Å². The fourth-order valence-corrected chi connectivity index (χ4v) is 1.12. The summed E-state index contributed by atoms with van der Waals surface area (Å²) in [5.41, 5.74) is 5.65. The molecule has 0 saturated heterocycles. The smallest absolute Gasteiger partial charge is 0.145 e. The number of hydrogen-bond donors (Lipinski definition) is 3. The summed E-state index contributed by atoms with van der Waals surface area (Å²) in [6.45, 7) is -0.338. The molecule has 0 aliphatic rings. The lowest BCUT2D eigenvalue weighted by Gasteiger charge is -2.11. The molecule has 0 aromatic heterocycles. The highest BCUT2D eigenvalue weighted by molar-refractivity contribution is 6.30. The molecule has 1 rings (SSSR count). The number of hydrogen-bond acceptors (Lipinski definition) is 3. The molecular weight excluding hydrogens is 197 g/mol. The van der Waals surface area contributed by atoms with Gasteiger partial charge in [0.15, 0.2) is 0 Å². The predicted molar refractivity (Wildman–Crippen MR) is 47.1 cm³/mol. The van der Waals surface area contributed by atoms with Crippen LogP contribution in [0, 0.1) is 5.82 Å². The number of nitrogens with two attached hydrogens (primary N) is 1. The molecule has 0 heterocycles. The summed E-state index contributed by atoms with van der Waals surface area (Å²) >= 11 is 5.46. The van der Waals surface area contributed by atoms with Crippen LogP contribution in [-0.2, 0) is 0 Å². The Hall–Kier alpha value is -0.840. The largest absolute Gasteiger partial charge is 0.507 e. The van der Waals surface area contributed by atoms with Crippen LogP contribution < -0.4 is 5.73 Å². The second kappa shape index (κ2) is 3.91. The number of rotatable bonds is 2. The molecular formula is C8H9ClFNO2. The zero-order valence-corrected chi connectivity index (χ0v) is 7.42. The SMILES string of the molecule is NC(CO)c1cc(Cl)c(F)cc1O. The van der Waals surface area contributed by atoms with E-state index in [9.17, 15) is 9.50 Å². The fourth-order valence-electron chi connectivity index (χ4n) is 0.947. The van der Waals surface area contributed by atoms with Crippen LogP contribution in [-0.4, -0.2) is 16.8 Å². The van der Waals surface area contributed by atoms with Crippen LogP contribution in [0.5, 0.6) is 5.75 Å². The molecule has 0 fully saturated rings. The first-order valence-electron chi connectivity index (χ1n) is 3.60. The van der Waals surface area contributed by atoms with Gasteiger partial charge in [-0.25, -0.2) is 4.39 Å². The molecule has 0 spiro atoms. The van der Waals surface area contributed by atoms with E-state index in [0.717, 1.165) is 6.07 Å². The Labute approximate surface area is 79.6 Å². The minimum absolute atomic E-state index is 0.128. The molecule has 0 aliphatic carbocycles. The van der Waals surface area contributed by atoms with Crippen LogP contribution in [0.15, 0.2) is 12.1 Å². The lowest BCUT2D eigenvalue weighted by Crippen LogP contribution is -2.14. The summed E-state index contributed by atoms with van der Waals surface area (Å²) in [6, 6.07) is 1.32. The van der Waals surface area contributed by atoms with E-state index in [4.69, 9.17) is 22.4 Å². The van der Waals surface area contributed by atoms with Crippen LogP contribution in [0.25, 0.3) is 0 Å². The Kier molecular flexibility index (Phi) is 3.08. The second-order valence-electron chi connectivity index (χ2n) is 2.61. The van der Waals surface area contributed by atoms with Crippen molar-refractivity contribution < 1.29 is 14.6 Å². The zero-order chi connectivity index (χ0) is 10.0. The van der Waals surface area contributed by atoms with E-state index in [2.05, 4.69) is 0 Å². The van der Waals surface area contributed by atoms with E-state index in [-0.39, 0.29) is 22.9 Å². The Morgan fingerprint density at radius 1 is 1.54 bits per heavy atom. The molecule has 0 amide bonds. The maximum Gasteiger partial charge on any atom is 0.145 e. The molecule has 1 aromatic rings. The summed E-state index contributed by atoms with van der Waals surface area (Å²) in [5.74, 6) is -1.02. The number of aliphatic hydroxyl groups excluding tert-OH is 1. The maximum atomic E-state index is 12.7. The minimum Gasteiger partial charge on any atom is -0.507 e. The molecule has 13 heavy (non-hydrogen) atoms. The van der Waals surface area contributed by atoms with Gasteiger partial charge in [0.1, 0.15) is 11.6 Å². The Bertz CT molecular complexity index is 319. The molecule has 4 N–H and O–H groups in total. The van der Waals surface area contributed by atoms with Gasteiger partial charge in [0.2, 0.25) is 0 Å². The predicted octanol–water partition coefficient (Wildman–Crippen LogP) is 1.18. The van der Waals surface area contributed by atoms with Crippen molar-refractivity contribution in [2.24, 2.45) is 5.73 Å². The normalized spacial score (nSPS) is 12.9. The molecule has 3 nitrogen and oxygen atoms in total. The van der Waals surface area contributed by atoms with Gasteiger partial charge in [-0.3, -0.25) is 0 Å². The molecule has 0 saturated carbocycles. The van der Waals surface area contributed by atoms with Crippen molar-refractivity contribution in [1.82, 2.24) is 0 Å². The van der Waals surface area contributed by atoms with Crippen molar-refractivity contribution in [1.29, 1.82) is 0 Å². The van der Waals surface area contributed by atoms with Gasteiger partial charge >= 0.3 is 0 Å². The monoisotopic (exact) mass is 205 g/mol. The third-order valence-corrected chi connectivity index (χ3v) is 1.96. The molecule has 1 aromatic carbocycles. The topological polar surface area (TPSA) is 66.5 Å². The Morgan fingerprint density at radius 3 is 2.69 bits per heavy atom. The van der Waals surface area contributed by atoms with Gasteiger partial charge in [-0.1, -0.05) is 11.6 Å². The molecule has 0 aliphatic heterocycles. The Balaban J connectivity index is 3.15. The van der Waals surface area contributed by atoms with E-state index in [1.807, 2.05) is 0 Å². The highest BCUT2D eigenvalue weighted by atomic mass is 35.5. The van der Waals surface area contributed by atoms with Crippen LogP contribution in [0.4, 0.5) is 4.39 Å². The summed E-state index contributed by atoms with van der Waals surface area (Å²) in [7, 11) is 0. The van der Waals surface area contributed by atoms with Gasteiger partial charge in [-0.2, -0.15) is 0 Å².